The normalized spacial score (nSPS) is 13.5. The van der Waals surface area contributed by atoms with Gasteiger partial charge in [0.1, 0.15) is 10.6 Å². The van der Waals surface area contributed by atoms with Crippen molar-refractivity contribution in [3.8, 4) is 11.4 Å². The smallest absolute Gasteiger partial charge is 0.267 e. The third-order valence-corrected chi connectivity index (χ3v) is 8.54. The third kappa shape index (κ3) is 5.55. The van der Waals surface area contributed by atoms with E-state index < -0.39 is 0 Å². The highest BCUT2D eigenvalue weighted by Crippen LogP contribution is 2.34. The largest absolute Gasteiger partial charge is 0.494 e. The maximum absolute atomic E-state index is 14.0. The van der Waals surface area contributed by atoms with Gasteiger partial charge in [0.05, 0.1) is 23.4 Å². The number of aromatic nitrogens is 2. The van der Waals surface area contributed by atoms with Gasteiger partial charge in [0, 0.05) is 28.7 Å². The molecule has 0 fully saturated rings. The topological polar surface area (TPSA) is 76.5 Å². The quantitative estimate of drug-likeness (QED) is 0.225. The number of hydrogen-bond acceptors (Lipinski definition) is 7. The molecule has 3 heterocycles. The highest BCUT2D eigenvalue weighted by Gasteiger charge is 2.25. The van der Waals surface area contributed by atoms with Crippen molar-refractivity contribution in [2.24, 2.45) is 0 Å². The number of nitrogens with one attached hydrogen (secondary N) is 1. The van der Waals surface area contributed by atoms with Crippen LogP contribution in [0.15, 0.2) is 58.5 Å². The van der Waals surface area contributed by atoms with Gasteiger partial charge in [0.25, 0.3) is 5.56 Å². The van der Waals surface area contributed by atoms with Crippen LogP contribution in [0.3, 0.4) is 0 Å². The molecule has 1 aliphatic heterocycles. The number of fused-ring (bicyclic) bond motifs is 3. The lowest BCUT2D eigenvalue weighted by atomic mass is 10.1. The van der Waals surface area contributed by atoms with Crippen LogP contribution in [0.4, 0.5) is 5.69 Å². The number of likely N-dealkylation sites (N-methyl/N-ethyl adjacent to an activating group) is 1. The lowest BCUT2D eigenvalue weighted by Gasteiger charge is -2.25. The molecule has 192 valence electrons. The van der Waals surface area contributed by atoms with Crippen LogP contribution >= 0.6 is 34.7 Å². The Kier molecular flexibility index (Phi) is 7.85. The Morgan fingerprint density at radius 2 is 1.92 bits per heavy atom. The molecule has 0 atom stereocenters. The second-order valence-electron chi connectivity index (χ2n) is 8.61. The SMILES string of the molecule is CCOc1ccc(-n2c(SCC(=O)Nc3ccc(Cl)cc3)nc3sc4c(c3c2=O)CCN(CC)C4)cc1. The molecule has 10 heteroatoms. The van der Waals surface area contributed by atoms with Crippen molar-refractivity contribution in [2.45, 2.75) is 32.0 Å². The minimum Gasteiger partial charge on any atom is -0.494 e. The summed E-state index contributed by atoms with van der Waals surface area (Å²) in [4.78, 5) is 35.9. The van der Waals surface area contributed by atoms with Crippen LogP contribution in [0, 0.1) is 0 Å². The molecule has 0 unspecified atom stereocenters. The fraction of sp³-hybridized carbons (Fsp3) is 0.296. The Bertz CT molecular complexity index is 1480. The summed E-state index contributed by atoms with van der Waals surface area (Å²) in [5.41, 5.74) is 2.36. The molecule has 0 radical (unpaired) electrons. The molecule has 0 saturated heterocycles. The number of carbonyl (C=O) groups excluding carboxylic acids is 1. The fourth-order valence-corrected chi connectivity index (χ4v) is 6.63. The van der Waals surface area contributed by atoms with Gasteiger partial charge in [0.15, 0.2) is 5.16 Å². The van der Waals surface area contributed by atoms with Gasteiger partial charge in [0.2, 0.25) is 5.91 Å². The zero-order valence-corrected chi connectivity index (χ0v) is 23.0. The number of halogens is 1. The molecule has 2 aromatic carbocycles. The molecular formula is C27H27ClN4O3S2. The van der Waals surface area contributed by atoms with Crippen LogP contribution in [0.25, 0.3) is 15.9 Å². The Morgan fingerprint density at radius 3 is 2.62 bits per heavy atom. The van der Waals surface area contributed by atoms with Crippen LogP contribution in [0.1, 0.15) is 24.3 Å². The van der Waals surface area contributed by atoms with Crippen LogP contribution in [-0.2, 0) is 17.8 Å². The molecule has 7 nitrogen and oxygen atoms in total. The van der Waals surface area contributed by atoms with E-state index in [0.717, 1.165) is 42.2 Å². The standard InChI is InChI=1S/C27H27ClN4O3S2/c1-3-31-14-13-21-22(15-31)37-25-24(21)26(34)32(19-9-11-20(12-10-19)35-4-2)27(30-25)36-16-23(33)29-18-7-5-17(28)6-8-18/h5-12H,3-4,13-16H2,1-2H3,(H,29,33). The Balaban J connectivity index is 1.51. The van der Waals surface area contributed by atoms with E-state index in [0.29, 0.717) is 33.5 Å². The number of benzene rings is 2. The van der Waals surface area contributed by atoms with Gasteiger partial charge >= 0.3 is 0 Å². The van der Waals surface area contributed by atoms with Crippen molar-refractivity contribution < 1.29 is 9.53 Å². The molecule has 1 amide bonds. The first-order valence-electron chi connectivity index (χ1n) is 12.2. The zero-order valence-electron chi connectivity index (χ0n) is 20.6. The second kappa shape index (κ2) is 11.3. The van der Waals surface area contributed by atoms with E-state index in [1.165, 1.54) is 16.6 Å². The van der Waals surface area contributed by atoms with E-state index in [9.17, 15) is 9.59 Å². The van der Waals surface area contributed by atoms with Gasteiger partial charge in [-0.3, -0.25) is 19.1 Å². The molecule has 2 aromatic heterocycles. The van der Waals surface area contributed by atoms with E-state index in [1.807, 2.05) is 31.2 Å². The molecule has 1 aliphatic rings. The molecule has 0 aliphatic carbocycles. The number of amides is 1. The van der Waals surface area contributed by atoms with E-state index in [1.54, 1.807) is 40.2 Å². The number of thioether (sulfide) groups is 1. The maximum atomic E-state index is 14.0. The van der Waals surface area contributed by atoms with Crippen LogP contribution in [0.5, 0.6) is 5.75 Å². The summed E-state index contributed by atoms with van der Waals surface area (Å²) in [6, 6.07) is 14.4. The molecule has 4 aromatic rings. The minimum atomic E-state index is -0.191. The summed E-state index contributed by atoms with van der Waals surface area (Å²) in [6.07, 6.45) is 0.833. The summed E-state index contributed by atoms with van der Waals surface area (Å²) < 4.78 is 7.20. The average molecular weight is 555 g/mol. The van der Waals surface area contributed by atoms with Crippen molar-refractivity contribution in [1.82, 2.24) is 14.5 Å². The van der Waals surface area contributed by atoms with Crippen molar-refractivity contribution in [3.63, 3.8) is 0 Å². The van der Waals surface area contributed by atoms with E-state index >= 15 is 0 Å². The number of ether oxygens (including phenoxy) is 1. The van der Waals surface area contributed by atoms with E-state index in [2.05, 4.69) is 17.1 Å². The first-order valence-corrected chi connectivity index (χ1v) is 14.4. The van der Waals surface area contributed by atoms with Gasteiger partial charge in [-0.15, -0.1) is 11.3 Å². The Hall–Kier alpha value is -2.85. The van der Waals surface area contributed by atoms with Crippen molar-refractivity contribution in [1.29, 1.82) is 0 Å². The van der Waals surface area contributed by atoms with Gasteiger partial charge in [-0.25, -0.2) is 4.98 Å². The lowest BCUT2D eigenvalue weighted by Crippen LogP contribution is -2.30. The average Bonchev–Trinajstić information content (AvgIpc) is 3.27. The lowest BCUT2D eigenvalue weighted by molar-refractivity contribution is -0.113. The molecule has 37 heavy (non-hydrogen) atoms. The second-order valence-corrected chi connectivity index (χ2v) is 11.1. The van der Waals surface area contributed by atoms with Crippen molar-refractivity contribution >= 4 is 56.5 Å². The van der Waals surface area contributed by atoms with Gasteiger partial charge in [-0.1, -0.05) is 30.3 Å². The highest BCUT2D eigenvalue weighted by atomic mass is 35.5. The van der Waals surface area contributed by atoms with Gasteiger partial charge in [-0.05, 0) is 74.0 Å². The number of rotatable bonds is 8. The molecule has 1 N–H and O–H groups in total. The molecule has 5 rings (SSSR count). The molecular weight excluding hydrogens is 528 g/mol. The van der Waals surface area contributed by atoms with E-state index in [4.69, 9.17) is 21.3 Å². The Labute approximate surface area is 228 Å². The first kappa shape index (κ1) is 25.8. The minimum absolute atomic E-state index is 0.0998. The fourth-order valence-electron chi connectivity index (χ4n) is 4.39. The van der Waals surface area contributed by atoms with Crippen molar-refractivity contribution in [2.75, 3.05) is 30.8 Å². The molecule has 0 saturated carbocycles. The summed E-state index contributed by atoms with van der Waals surface area (Å²) >= 11 is 8.77. The first-order chi connectivity index (χ1) is 18.0. The maximum Gasteiger partial charge on any atom is 0.267 e. The van der Waals surface area contributed by atoms with Crippen molar-refractivity contribution in [3.05, 3.63) is 74.3 Å². The monoisotopic (exact) mass is 554 g/mol. The predicted octanol–water partition coefficient (Wildman–Crippen LogP) is 5.61. The summed E-state index contributed by atoms with van der Waals surface area (Å²) in [5.74, 6) is 0.646. The predicted molar refractivity (Wildman–Crippen MR) is 152 cm³/mol. The van der Waals surface area contributed by atoms with E-state index in [-0.39, 0.29) is 17.2 Å². The molecule has 0 bridgehead atoms. The summed E-state index contributed by atoms with van der Waals surface area (Å²) in [7, 11) is 0. The summed E-state index contributed by atoms with van der Waals surface area (Å²) in [6.45, 7) is 7.38. The van der Waals surface area contributed by atoms with Gasteiger partial charge < -0.3 is 10.1 Å². The number of hydrogen-bond donors (Lipinski definition) is 1. The van der Waals surface area contributed by atoms with Crippen LogP contribution in [0.2, 0.25) is 5.02 Å². The highest BCUT2D eigenvalue weighted by molar-refractivity contribution is 7.99. The zero-order chi connectivity index (χ0) is 25.9. The number of nitrogens with zero attached hydrogens (tertiary/aromatic N) is 3. The molecule has 0 spiro atoms. The third-order valence-electron chi connectivity index (χ3n) is 6.24. The Morgan fingerprint density at radius 1 is 1.16 bits per heavy atom. The van der Waals surface area contributed by atoms with Crippen LogP contribution in [-0.4, -0.2) is 45.8 Å². The summed E-state index contributed by atoms with van der Waals surface area (Å²) in [5, 5.41) is 4.65. The van der Waals surface area contributed by atoms with Gasteiger partial charge in [-0.2, -0.15) is 0 Å². The van der Waals surface area contributed by atoms with Crippen LogP contribution < -0.4 is 15.6 Å². The number of anilines is 1. The number of thiophene rings is 1. The number of carbonyl (C=O) groups is 1.